The Morgan fingerprint density at radius 3 is 3.05 bits per heavy atom. The van der Waals surface area contributed by atoms with Crippen molar-refractivity contribution in [2.24, 2.45) is 0 Å². The number of carbonyl (C=O) groups excluding carboxylic acids is 2. The van der Waals surface area contributed by atoms with Crippen molar-refractivity contribution < 1.29 is 9.59 Å². The molecule has 6 heteroatoms. The largest absolute Gasteiger partial charge is 0.336 e. The Morgan fingerprint density at radius 1 is 1.65 bits per heavy atom. The topological polar surface area (TPSA) is 69.3 Å². The predicted octanol–water partition coefficient (Wildman–Crippen LogP) is 0.890. The molecule has 0 aliphatic carbocycles. The van der Waals surface area contributed by atoms with Gasteiger partial charge in [0.15, 0.2) is 0 Å². The van der Waals surface area contributed by atoms with E-state index in [1.165, 1.54) is 11.0 Å². The Balaban J connectivity index is 2.04. The summed E-state index contributed by atoms with van der Waals surface area (Å²) >= 11 is 0. The van der Waals surface area contributed by atoms with E-state index in [9.17, 15) is 9.59 Å². The van der Waals surface area contributed by atoms with Gasteiger partial charge in [-0.25, -0.2) is 0 Å². The van der Waals surface area contributed by atoms with Gasteiger partial charge in [-0.2, -0.15) is 5.10 Å². The monoisotopic (exact) mass is 276 g/mol. The van der Waals surface area contributed by atoms with Gasteiger partial charge in [0, 0.05) is 36.8 Å². The van der Waals surface area contributed by atoms with Crippen molar-refractivity contribution in [3.8, 4) is 0 Å². The maximum Gasteiger partial charge on any atom is 0.246 e. The first-order valence-corrected chi connectivity index (χ1v) is 6.78. The number of amides is 2. The first kappa shape index (κ1) is 14.3. The third kappa shape index (κ3) is 2.74. The van der Waals surface area contributed by atoms with Gasteiger partial charge >= 0.3 is 0 Å². The maximum absolute atomic E-state index is 12.3. The van der Waals surface area contributed by atoms with Gasteiger partial charge in [0.2, 0.25) is 11.8 Å². The summed E-state index contributed by atoms with van der Waals surface area (Å²) in [6.45, 7) is 9.16. The van der Waals surface area contributed by atoms with E-state index in [1.807, 2.05) is 6.92 Å². The molecule has 1 aliphatic rings. The van der Waals surface area contributed by atoms with Gasteiger partial charge < -0.3 is 9.80 Å². The zero-order valence-electron chi connectivity index (χ0n) is 11.9. The third-order valence-electron chi connectivity index (χ3n) is 3.65. The second-order valence-electron chi connectivity index (χ2n) is 5.04. The van der Waals surface area contributed by atoms with Crippen LogP contribution in [-0.4, -0.2) is 51.4 Å². The molecule has 0 saturated heterocycles. The van der Waals surface area contributed by atoms with Crippen molar-refractivity contribution >= 4 is 11.8 Å². The molecule has 2 rings (SSSR count). The van der Waals surface area contributed by atoms with Gasteiger partial charge in [-0.15, -0.1) is 0 Å². The summed E-state index contributed by atoms with van der Waals surface area (Å²) in [5.74, 6) is -0.0222. The van der Waals surface area contributed by atoms with Gasteiger partial charge in [-0.1, -0.05) is 13.5 Å². The van der Waals surface area contributed by atoms with Crippen molar-refractivity contribution in [3.05, 3.63) is 30.1 Å². The number of aromatic amines is 1. The van der Waals surface area contributed by atoms with E-state index in [4.69, 9.17) is 0 Å². The number of hydrogen-bond acceptors (Lipinski definition) is 3. The minimum Gasteiger partial charge on any atom is -0.336 e. The van der Waals surface area contributed by atoms with E-state index in [2.05, 4.69) is 23.7 Å². The maximum atomic E-state index is 12.3. The van der Waals surface area contributed by atoms with E-state index in [0.29, 0.717) is 19.6 Å². The molecule has 1 aromatic heterocycles. The molecule has 108 valence electrons. The van der Waals surface area contributed by atoms with Gasteiger partial charge in [0.05, 0.1) is 6.20 Å². The molecule has 0 spiro atoms. The van der Waals surface area contributed by atoms with E-state index < -0.39 is 0 Å². The van der Waals surface area contributed by atoms with Crippen LogP contribution in [0, 0.1) is 0 Å². The molecule has 0 saturated carbocycles. The Morgan fingerprint density at radius 2 is 2.40 bits per heavy atom. The van der Waals surface area contributed by atoms with Crippen molar-refractivity contribution in [2.45, 2.75) is 26.3 Å². The van der Waals surface area contributed by atoms with Crippen molar-refractivity contribution in [2.75, 3.05) is 19.6 Å². The Kier molecular flexibility index (Phi) is 4.22. The second kappa shape index (κ2) is 5.90. The number of nitrogens with one attached hydrogen (secondary N) is 1. The summed E-state index contributed by atoms with van der Waals surface area (Å²) in [6, 6.07) is 0. The normalized spacial score (nSPS) is 17.5. The zero-order valence-corrected chi connectivity index (χ0v) is 11.9. The van der Waals surface area contributed by atoms with Crippen LogP contribution in [0.5, 0.6) is 0 Å². The molecule has 1 N–H and O–H groups in total. The fourth-order valence-electron chi connectivity index (χ4n) is 2.49. The smallest absolute Gasteiger partial charge is 0.246 e. The Bertz CT molecular complexity index is 523. The van der Waals surface area contributed by atoms with Gasteiger partial charge in [-0.3, -0.25) is 14.7 Å². The van der Waals surface area contributed by atoms with Crippen LogP contribution in [-0.2, 0) is 16.1 Å². The molecule has 0 radical (unpaired) electrons. The number of nitrogens with zero attached hydrogens (tertiary/aromatic N) is 3. The molecule has 2 amide bonds. The number of rotatable bonds is 4. The zero-order chi connectivity index (χ0) is 14.7. The number of hydrogen-bond donors (Lipinski definition) is 1. The molecule has 20 heavy (non-hydrogen) atoms. The summed E-state index contributed by atoms with van der Waals surface area (Å²) in [4.78, 5) is 27.2. The highest BCUT2D eigenvalue weighted by atomic mass is 16.2. The highest BCUT2D eigenvalue weighted by molar-refractivity contribution is 5.90. The van der Waals surface area contributed by atoms with Crippen LogP contribution in [0.4, 0.5) is 0 Å². The van der Waals surface area contributed by atoms with Crippen LogP contribution >= 0.6 is 0 Å². The highest BCUT2D eigenvalue weighted by Crippen LogP contribution is 2.25. The minimum absolute atomic E-state index is 0.0410. The molecule has 2 heterocycles. The quantitative estimate of drug-likeness (QED) is 0.830. The first-order valence-electron chi connectivity index (χ1n) is 6.78. The lowest BCUT2D eigenvalue weighted by atomic mass is 9.98. The molecule has 1 aliphatic heterocycles. The molecule has 1 aromatic rings. The van der Waals surface area contributed by atoms with Crippen LogP contribution < -0.4 is 0 Å². The summed E-state index contributed by atoms with van der Waals surface area (Å²) in [5.41, 5.74) is 2.15. The Labute approximate surface area is 118 Å². The van der Waals surface area contributed by atoms with E-state index >= 15 is 0 Å². The summed E-state index contributed by atoms with van der Waals surface area (Å²) in [5, 5.41) is 7.01. The van der Waals surface area contributed by atoms with Crippen molar-refractivity contribution in [1.82, 2.24) is 20.0 Å². The van der Waals surface area contributed by atoms with E-state index in [-0.39, 0.29) is 24.3 Å². The molecular weight excluding hydrogens is 256 g/mol. The average molecular weight is 276 g/mol. The lowest BCUT2D eigenvalue weighted by Gasteiger charge is -2.32. The van der Waals surface area contributed by atoms with Crippen molar-refractivity contribution in [3.63, 3.8) is 0 Å². The summed E-state index contributed by atoms with van der Waals surface area (Å²) in [7, 11) is 0. The fraction of sp³-hybridized carbons (Fsp3) is 0.500. The average Bonchev–Trinajstić information content (AvgIpc) is 2.92. The lowest BCUT2D eigenvalue weighted by molar-refractivity contribution is -0.138. The lowest BCUT2D eigenvalue weighted by Crippen LogP contribution is -2.44. The van der Waals surface area contributed by atoms with Crippen LogP contribution in [0.1, 0.15) is 31.0 Å². The minimum atomic E-state index is -0.213. The molecular formula is C14H20N4O2. The second-order valence-corrected chi connectivity index (χ2v) is 5.04. The number of likely N-dealkylation sites (N-methyl/N-ethyl adjacent to an activating group) is 1. The fourth-order valence-corrected chi connectivity index (χ4v) is 2.49. The molecule has 1 unspecified atom stereocenters. The number of carbonyl (C=O) groups is 2. The summed E-state index contributed by atoms with van der Waals surface area (Å²) in [6.07, 6.45) is 3.00. The SMILES string of the molecule is C=CC(=O)N(CC)CC(=O)N1Cc2cn[nH]c2C(C)C1. The van der Waals surface area contributed by atoms with Crippen LogP contribution in [0.3, 0.4) is 0 Å². The van der Waals surface area contributed by atoms with Crippen molar-refractivity contribution in [1.29, 1.82) is 0 Å². The van der Waals surface area contributed by atoms with E-state index in [0.717, 1.165) is 11.3 Å². The molecule has 0 aromatic carbocycles. The standard InChI is InChI=1S/C14H20N4O2/c1-4-12(19)17(5-2)9-13(20)18-7-10(3)14-11(8-18)6-15-16-14/h4,6,10H,1,5,7-9H2,2-3H3,(H,15,16). The molecule has 1 atom stereocenters. The number of aromatic nitrogens is 2. The number of H-pyrrole nitrogens is 1. The first-order chi connectivity index (χ1) is 9.56. The van der Waals surface area contributed by atoms with Gasteiger partial charge in [0.1, 0.15) is 6.54 Å². The van der Waals surface area contributed by atoms with Crippen LogP contribution in [0.25, 0.3) is 0 Å². The van der Waals surface area contributed by atoms with Gasteiger partial charge in [0.25, 0.3) is 0 Å². The van der Waals surface area contributed by atoms with Crippen LogP contribution in [0.15, 0.2) is 18.9 Å². The Hall–Kier alpha value is -2.11. The van der Waals surface area contributed by atoms with Gasteiger partial charge in [-0.05, 0) is 13.0 Å². The van der Waals surface area contributed by atoms with E-state index in [1.54, 1.807) is 11.1 Å². The number of fused-ring (bicyclic) bond motifs is 1. The summed E-state index contributed by atoms with van der Waals surface area (Å²) < 4.78 is 0. The molecule has 0 bridgehead atoms. The third-order valence-corrected chi connectivity index (χ3v) is 3.65. The highest BCUT2D eigenvalue weighted by Gasteiger charge is 2.28. The molecule has 6 nitrogen and oxygen atoms in total. The predicted molar refractivity (Wildman–Crippen MR) is 74.9 cm³/mol. The van der Waals surface area contributed by atoms with Crippen LogP contribution in [0.2, 0.25) is 0 Å². The molecule has 0 fully saturated rings.